The molecule has 1 saturated carbocycles. The molecular weight excluding hydrogens is 424 g/mol. The summed E-state index contributed by atoms with van der Waals surface area (Å²) < 4.78 is 5.10. The second-order valence-electron chi connectivity index (χ2n) is 9.03. The van der Waals surface area contributed by atoms with E-state index in [1.807, 2.05) is 38.2 Å². The molecule has 4 rings (SSSR count). The van der Waals surface area contributed by atoms with Crippen molar-refractivity contribution < 1.29 is 14.3 Å². The number of aryl methyl sites for hydroxylation is 2. The fraction of sp³-hybridized carbons (Fsp3) is 0.345. The number of aldehydes is 1. The van der Waals surface area contributed by atoms with E-state index in [2.05, 4.69) is 52.8 Å². The van der Waals surface area contributed by atoms with Gasteiger partial charge in [-0.1, -0.05) is 36.4 Å². The molecule has 1 heterocycles. The third-order valence-corrected chi connectivity index (χ3v) is 6.63. The van der Waals surface area contributed by atoms with Crippen LogP contribution in [0.2, 0.25) is 0 Å². The molecule has 2 aromatic carbocycles. The lowest BCUT2D eigenvalue weighted by molar-refractivity contribution is -0.151. The van der Waals surface area contributed by atoms with Crippen LogP contribution in [0.25, 0.3) is 0 Å². The van der Waals surface area contributed by atoms with Crippen molar-refractivity contribution >= 4 is 17.9 Å². The summed E-state index contributed by atoms with van der Waals surface area (Å²) in [4.78, 5) is 27.8. The highest BCUT2D eigenvalue weighted by atomic mass is 16.5. The van der Waals surface area contributed by atoms with E-state index in [1.165, 1.54) is 11.1 Å². The third kappa shape index (κ3) is 5.71. The second-order valence-corrected chi connectivity index (χ2v) is 9.03. The average Bonchev–Trinajstić information content (AvgIpc) is 2.82. The number of benzene rings is 2. The number of esters is 1. The molecule has 34 heavy (non-hydrogen) atoms. The van der Waals surface area contributed by atoms with Gasteiger partial charge < -0.3 is 10.1 Å². The van der Waals surface area contributed by atoms with E-state index in [-0.39, 0.29) is 17.8 Å². The molecule has 1 atom stereocenters. The van der Waals surface area contributed by atoms with Crippen LogP contribution in [-0.4, -0.2) is 29.9 Å². The van der Waals surface area contributed by atoms with E-state index in [4.69, 9.17) is 4.74 Å². The molecule has 0 aliphatic heterocycles. The highest BCUT2D eigenvalue weighted by Crippen LogP contribution is 2.33. The molecule has 0 unspecified atom stereocenters. The lowest BCUT2D eigenvalue weighted by Gasteiger charge is -2.34. The van der Waals surface area contributed by atoms with E-state index in [0.29, 0.717) is 12.6 Å². The van der Waals surface area contributed by atoms with Crippen molar-refractivity contribution in [3.05, 3.63) is 94.8 Å². The number of ether oxygens (including phenoxy) is 1. The predicted molar refractivity (Wildman–Crippen MR) is 134 cm³/mol. The fourth-order valence-electron chi connectivity index (χ4n) is 4.72. The van der Waals surface area contributed by atoms with Crippen LogP contribution in [0.4, 0.5) is 5.69 Å². The summed E-state index contributed by atoms with van der Waals surface area (Å²) in [6.07, 6.45) is 6.23. The number of carbonyl (C=O) groups excluding carboxylic acids is 2. The number of rotatable bonds is 10. The highest BCUT2D eigenvalue weighted by molar-refractivity contribution is 5.78. The molecule has 5 nitrogen and oxygen atoms in total. The maximum atomic E-state index is 11.8. The van der Waals surface area contributed by atoms with Crippen molar-refractivity contribution in [2.45, 2.75) is 51.5 Å². The van der Waals surface area contributed by atoms with Crippen molar-refractivity contribution in [3.63, 3.8) is 0 Å². The van der Waals surface area contributed by atoms with Crippen molar-refractivity contribution in [1.29, 1.82) is 0 Å². The summed E-state index contributed by atoms with van der Waals surface area (Å²) in [5, 5.41) is 3.52. The van der Waals surface area contributed by atoms with Crippen molar-refractivity contribution in [1.82, 2.24) is 4.98 Å². The lowest BCUT2D eigenvalue weighted by atomic mass is 9.80. The quantitative estimate of drug-likeness (QED) is 0.312. The summed E-state index contributed by atoms with van der Waals surface area (Å²) in [6.45, 7) is 4.28. The zero-order valence-corrected chi connectivity index (χ0v) is 19.9. The molecule has 0 radical (unpaired) electrons. The van der Waals surface area contributed by atoms with Gasteiger partial charge in [-0.15, -0.1) is 0 Å². The second kappa shape index (κ2) is 11.1. The average molecular weight is 457 g/mol. The van der Waals surface area contributed by atoms with Crippen LogP contribution in [0.3, 0.4) is 0 Å². The maximum absolute atomic E-state index is 11.8. The topological polar surface area (TPSA) is 68.3 Å². The molecule has 3 aromatic rings. The summed E-state index contributed by atoms with van der Waals surface area (Å²) in [7, 11) is 0. The summed E-state index contributed by atoms with van der Waals surface area (Å²) in [5.41, 5.74) is 6.28. The minimum Gasteiger partial charge on any atom is -0.466 e. The summed E-state index contributed by atoms with van der Waals surface area (Å²) in [6, 6.07) is 20.9. The van der Waals surface area contributed by atoms with Gasteiger partial charge in [-0.05, 0) is 80.5 Å². The van der Waals surface area contributed by atoms with Gasteiger partial charge in [0, 0.05) is 35.1 Å². The van der Waals surface area contributed by atoms with E-state index in [9.17, 15) is 9.59 Å². The fourth-order valence-corrected chi connectivity index (χ4v) is 4.72. The van der Waals surface area contributed by atoms with Crippen molar-refractivity contribution in [2.24, 2.45) is 5.92 Å². The Morgan fingerprint density at radius 2 is 1.91 bits per heavy atom. The minimum absolute atomic E-state index is 0.0275. The summed E-state index contributed by atoms with van der Waals surface area (Å²) in [5.74, 6) is 0.0707. The Bertz CT molecular complexity index is 1120. The molecule has 0 spiro atoms. The lowest BCUT2D eigenvalue weighted by Crippen LogP contribution is -2.40. The van der Waals surface area contributed by atoms with Crippen LogP contribution >= 0.6 is 0 Å². The van der Waals surface area contributed by atoms with Gasteiger partial charge in [0.1, 0.15) is 6.29 Å². The standard InChI is InChI=1S/C29H32N2O3/c1-3-34-29(33)24-17-26(18-24)31-25-11-8-21(9-12-25)10-13-28(22-14-15-30-20(2)16-22)27-7-5-4-6-23(27)19-32/h4-9,11-12,14-16,19,24,26,28,31H,3,10,13,17-18H2,1-2H3/t24?,26?,28-/m1/s1. The molecule has 1 aliphatic carbocycles. The molecule has 0 bridgehead atoms. The Labute approximate surface area is 201 Å². The van der Waals surface area contributed by atoms with E-state index >= 15 is 0 Å². The number of hydrogen-bond donors (Lipinski definition) is 1. The van der Waals surface area contributed by atoms with Gasteiger partial charge in [0.25, 0.3) is 0 Å². The summed E-state index contributed by atoms with van der Waals surface area (Å²) >= 11 is 0. The molecular formula is C29H32N2O3. The van der Waals surface area contributed by atoms with Gasteiger partial charge in [-0.3, -0.25) is 14.6 Å². The minimum atomic E-state index is -0.0778. The van der Waals surface area contributed by atoms with E-state index < -0.39 is 0 Å². The van der Waals surface area contributed by atoms with Crippen LogP contribution in [-0.2, 0) is 16.0 Å². The zero-order chi connectivity index (χ0) is 23.9. The Hall–Kier alpha value is -3.47. The van der Waals surface area contributed by atoms with Crippen LogP contribution in [0.15, 0.2) is 66.9 Å². The van der Waals surface area contributed by atoms with Crippen LogP contribution in [0.5, 0.6) is 0 Å². The maximum Gasteiger partial charge on any atom is 0.309 e. The van der Waals surface area contributed by atoms with Gasteiger partial charge >= 0.3 is 5.97 Å². The molecule has 1 fully saturated rings. The van der Waals surface area contributed by atoms with E-state index in [1.54, 1.807) is 0 Å². The molecule has 1 N–H and O–H groups in total. The SMILES string of the molecule is CCOC(=O)C1CC(Nc2ccc(CC[C@H](c3ccnc(C)c3)c3ccccc3C=O)cc2)C1. The van der Waals surface area contributed by atoms with Crippen LogP contribution < -0.4 is 5.32 Å². The molecule has 1 aromatic heterocycles. The number of nitrogens with zero attached hydrogens (tertiary/aromatic N) is 1. The molecule has 0 saturated heterocycles. The van der Waals surface area contributed by atoms with Crippen molar-refractivity contribution in [2.75, 3.05) is 11.9 Å². The van der Waals surface area contributed by atoms with Gasteiger partial charge in [0.05, 0.1) is 12.5 Å². The third-order valence-electron chi connectivity index (χ3n) is 6.63. The van der Waals surface area contributed by atoms with Crippen LogP contribution in [0, 0.1) is 12.8 Å². The van der Waals surface area contributed by atoms with Gasteiger partial charge in [-0.2, -0.15) is 0 Å². The molecule has 5 heteroatoms. The number of nitrogens with one attached hydrogen (secondary N) is 1. The highest BCUT2D eigenvalue weighted by Gasteiger charge is 2.35. The monoisotopic (exact) mass is 456 g/mol. The number of anilines is 1. The van der Waals surface area contributed by atoms with E-state index in [0.717, 1.165) is 54.5 Å². The number of pyridine rings is 1. The first-order valence-electron chi connectivity index (χ1n) is 12.1. The molecule has 176 valence electrons. The van der Waals surface area contributed by atoms with Crippen molar-refractivity contribution in [3.8, 4) is 0 Å². The Morgan fingerprint density at radius 3 is 2.62 bits per heavy atom. The Morgan fingerprint density at radius 1 is 1.15 bits per heavy atom. The first-order valence-corrected chi connectivity index (χ1v) is 12.1. The van der Waals surface area contributed by atoms with Gasteiger partial charge in [-0.25, -0.2) is 0 Å². The molecule has 1 aliphatic rings. The normalized spacial score (nSPS) is 17.9. The largest absolute Gasteiger partial charge is 0.466 e. The number of aromatic nitrogens is 1. The first kappa shape index (κ1) is 23.7. The Balaban J connectivity index is 1.40. The number of carbonyl (C=O) groups is 2. The first-order chi connectivity index (χ1) is 16.6. The van der Waals surface area contributed by atoms with Gasteiger partial charge in [0.2, 0.25) is 0 Å². The number of hydrogen-bond acceptors (Lipinski definition) is 5. The smallest absolute Gasteiger partial charge is 0.309 e. The molecule has 0 amide bonds. The van der Waals surface area contributed by atoms with Gasteiger partial charge in [0.15, 0.2) is 0 Å². The van der Waals surface area contributed by atoms with Crippen LogP contribution in [0.1, 0.15) is 64.8 Å². The Kier molecular flexibility index (Phi) is 7.73. The predicted octanol–water partition coefficient (Wildman–Crippen LogP) is 5.72. The zero-order valence-electron chi connectivity index (χ0n) is 19.9.